The number of thiazole rings is 1. The highest BCUT2D eigenvalue weighted by atomic mass is 32.1. The van der Waals surface area contributed by atoms with Crippen LogP contribution >= 0.6 is 11.3 Å². The summed E-state index contributed by atoms with van der Waals surface area (Å²) in [5, 5.41) is 3.76. The van der Waals surface area contributed by atoms with Crippen LogP contribution in [0.25, 0.3) is 10.6 Å². The van der Waals surface area contributed by atoms with Crippen molar-refractivity contribution in [3.05, 3.63) is 41.2 Å². The Hall–Kier alpha value is -1.79. The molecule has 2 unspecified atom stereocenters. The van der Waals surface area contributed by atoms with Gasteiger partial charge in [-0.15, -0.1) is 11.3 Å². The Morgan fingerprint density at radius 2 is 2.17 bits per heavy atom. The van der Waals surface area contributed by atoms with Crippen LogP contribution in [0.2, 0.25) is 0 Å². The average molecular weight is 331 g/mol. The Balaban J connectivity index is 1.53. The summed E-state index contributed by atoms with van der Waals surface area (Å²) >= 11 is 1.24. The average Bonchev–Trinajstić information content (AvgIpc) is 3.13. The number of piperidine rings is 1. The van der Waals surface area contributed by atoms with Gasteiger partial charge in [0, 0.05) is 18.7 Å². The summed E-state index contributed by atoms with van der Waals surface area (Å²) in [6.45, 7) is 3.14. The van der Waals surface area contributed by atoms with Crippen LogP contribution in [0.1, 0.15) is 28.9 Å². The second-order valence-corrected chi connectivity index (χ2v) is 7.40. The van der Waals surface area contributed by atoms with Crippen molar-refractivity contribution in [1.82, 2.24) is 15.2 Å². The highest BCUT2D eigenvalue weighted by Crippen LogP contribution is 2.32. The predicted octanol–water partition coefficient (Wildman–Crippen LogP) is 2.92. The first-order valence-electron chi connectivity index (χ1n) is 7.91. The molecule has 2 aromatic rings. The Morgan fingerprint density at radius 3 is 3.04 bits per heavy atom. The summed E-state index contributed by atoms with van der Waals surface area (Å²) < 4.78 is 13.8. The third kappa shape index (κ3) is 2.77. The number of nitrogens with zero attached hydrogens (tertiary/aromatic N) is 2. The van der Waals surface area contributed by atoms with E-state index in [-0.39, 0.29) is 17.3 Å². The molecule has 2 saturated heterocycles. The second-order valence-electron chi connectivity index (χ2n) is 6.37. The molecule has 2 bridgehead atoms. The monoisotopic (exact) mass is 331 g/mol. The van der Waals surface area contributed by atoms with Crippen LogP contribution in [0.3, 0.4) is 0 Å². The lowest BCUT2D eigenvalue weighted by atomic mass is 9.90. The normalized spacial score (nSPS) is 26.2. The molecule has 2 fully saturated rings. The number of carbonyl (C=O) groups excluding carboxylic acids is 1. The van der Waals surface area contributed by atoms with Crippen LogP contribution in [0.4, 0.5) is 4.39 Å². The Labute approximate surface area is 138 Å². The summed E-state index contributed by atoms with van der Waals surface area (Å²) in [5.74, 6) is -0.403. The minimum Gasteiger partial charge on any atom is -0.345 e. The van der Waals surface area contributed by atoms with E-state index in [1.54, 1.807) is 24.4 Å². The SMILES string of the molecule is O=C(NC12CCCN(CC1)C2)c1cnc(-c2ccccc2F)s1. The number of hydrogen-bond donors (Lipinski definition) is 1. The molecule has 1 amide bonds. The molecule has 1 aromatic carbocycles. The lowest BCUT2D eigenvalue weighted by Gasteiger charge is -2.34. The standard InChI is InChI=1S/C17H18FN3OS/c18-13-5-2-1-4-12(13)16-19-10-14(23-16)15(22)20-17-6-3-8-21(11-17)9-7-17/h1-2,4-5,10H,3,6-9,11H2,(H,20,22). The van der Waals surface area contributed by atoms with Gasteiger partial charge in [-0.2, -0.15) is 0 Å². The number of aromatic nitrogens is 1. The van der Waals surface area contributed by atoms with Gasteiger partial charge in [-0.3, -0.25) is 4.79 Å². The van der Waals surface area contributed by atoms with E-state index < -0.39 is 0 Å². The summed E-state index contributed by atoms with van der Waals surface area (Å²) in [7, 11) is 0. The maximum Gasteiger partial charge on any atom is 0.263 e. The van der Waals surface area contributed by atoms with Crippen molar-refractivity contribution in [3.63, 3.8) is 0 Å². The van der Waals surface area contributed by atoms with Gasteiger partial charge in [-0.25, -0.2) is 9.37 Å². The first-order chi connectivity index (χ1) is 11.2. The largest absolute Gasteiger partial charge is 0.345 e. The fourth-order valence-corrected chi connectivity index (χ4v) is 4.44. The summed E-state index contributed by atoms with van der Waals surface area (Å²) in [6, 6.07) is 6.51. The minimum absolute atomic E-state index is 0.0858. The van der Waals surface area contributed by atoms with Crippen molar-refractivity contribution in [2.75, 3.05) is 19.6 Å². The van der Waals surface area contributed by atoms with E-state index in [0.29, 0.717) is 15.4 Å². The van der Waals surface area contributed by atoms with Gasteiger partial charge in [-0.1, -0.05) is 12.1 Å². The maximum absolute atomic E-state index is 13.8. The zero-order chi connectivity index (χ0) is 15.9. The number of halogens is 1. The molecule has 4 nitrogen and oxygen atoms in total. The molecule has 0 radical (unpaired) electrons. The Bertz CT molecular complexity index is 743. The van der Waals surface area contributed by atoms with Gasteiger partial charge in [0.2, 0.25) is 0 Å². The van der Waals surface area contributed by atoms with Crippen LogP contribution in [-0.2, 0) is 0 Å². The fourth-order valence-electron chi connectivity index (χ4n) is 3.60. The lowest BCUT2D eigenvalue weighted by Crippen LogP contribution is -2.52. The number of nitrogens with one attached hydrogen (secondary N) is 1. The first-order valence-corrected chi connectivity index (χ1v) is 8.73. The van der Waals surface area contributed by atoms with Gasteiger partial charge in [0.25, 0.3) is 5.91 Å². The third-order valence-corrected chi connectivity index (χ3v) is 5.80. The van der Waals surface area contributed by atoms with E-state index in [2.05, 4.69) is 15.2 Å². The molecule has 4 rings (SSSR count). The molecule has 6 heteroatoms. The zero-order valence-electron chi connectivity index (χ0n) is 12.7. The van der Waals surface area contributed by atoms with Gasteiger partial charge >= 0.3 is 0 Å². The molecule has 1 aromatic heterocycles. The first kappa shape index (κ1) is 14.8. The summed E-state index contributed by atoms with van der Waals surface area (Å²) in [4.78, 5) is 19.7. The summed E-state index contributed by atoms with van der Waals surface area (Å²) in [5.41, 5.74) is 0.358. The molecule has 0 aliphatic carbocycles. The van der Waals surface area contributed by atoms with Gasteiger partial charge in [0.15, 0.2) is 0 Å². The third-order valence-electron chi connectivity index (χ3n) is 4.77. The Kier molecular flexibility index (Phi) is 3.66. The van der Waals surface area contributed by atoms with Crippen LogP contribution in [-0.4, -0.2) is 41.0 Å². The minimum atomic E-state index is -0.314. The highest BCUT2D eigenvalue weighted by Gasteiger charge is 2.42. The van der Waals surface area contributed by atoms with Gasteiger partial charge in [0.05, 0.1) is 11.7 Å². The number of carbonyl (C=O) groups is 1. The predicted molar refractivity (Wildman–Crippen MR) is 88.0 cm³/mol. The van der Waals surface area contributed by atoms with Crippen molar-refractivity contribution in [1.29, 1.82) is 0 Å². The van der Waals surface area contributed by atoms with Gasteiger partial charge in [-0.05, 0) is 37.9 Å². The molecule has 2 aliphatic rings. The highest BCUT2D eigenvalue weighted by molar-refractivity contribution is 7.16. The molecule has 0 saturated carbocycles. The lowest BCUT2D eigenvalue weighted by molar-refractivity contribution is 0.0881. The smallest absolute Gasteiger partial charge is 0.263 e. The van der Waals surface area contributed by atoms with Crippen LogP contribution in [0.5, 0.6) is 0 Å². The van der Waals surface area contributed by atoms with E-state index in [0.717, 1.165) is 38.9 Å². The number of benzene rings is 1. The molecule has 120 valence electrons. The van der Waals surface area contributed by atoms with Crippen molar-refractivity contribution in [2.45, 2.75) is 24.8 Å². The fraction of sp³-hybridized carbons (Fsp3) is 0.412. The number of hydrogen-bond acceptors (Lipinski definition) is 4. The maximum atomic E-state index is 13.8. The number of fused-ring (bicyclic) bond motifs is 2. The van der Waals surface area contributed by atoms with Crippen molar-refractivity contribution >= 4 is 17.2 Å². The molecule has 1 N–H and O–H groups in total. The molecule has 23 heavy (non-hydrogen) atoms. The van der Waals surface area contributed by atoms with Crippen LogP contribution < -0.4 is 5.32 Å². The molecular formula is C17H18FN3OS. The quantitative estimate of drug-likeness (QED) is 0.940. The van der Waals surface area contributed by atoms with Crippen LogP contribution in [0, 0.1) is 5.82 Å². The van der Waals surface area contributed by atoms with Gasteiger partial charge in [0.1, 0.15) is 15.7 Å². The number of amides is 1. The second kappa shape index (κ2) is 5.69. The van der Waals surface area contributed by atoms with Crippen molar-refractivity contribution in [3.8, 4) is 10.6 Å². The number of rotatable bonds is 3. The van der Waals surface area contributed by atoms with E-state index in [4.69, 9.17) is 0 Å². The van der Waals surface area contributed by atoms with Gasteiger partial charge < -0.3 is 10.2 Å². The molecule has 2 aliphatic heterocycles. The van der Waals surface area contributed by atoms with E-state index >= 15 is 0 Å². The zero-order valence-corrected chi connectivity index (χ0v) is 13.5. The molecule has 3 heterocycles. The van der Waals surface area contributed by atoms with E-state index in [9.17, 15) is 9.18 Å². The van der Waals surface area contributed by atoms with Crippen LogP contribution in [0.15, 0.2) is 30.5 Å². The van der Waals surface area contributed by atoms with Crippen molar-refractivity contribution in [2.24, 2.45) is 0 Å². The topological polar surface area (TPSA) is 45.2 Å². The van der Waals surface area contributed by atoms with E-state index in [1.807, 2.05) is 0 Å². The van der Waals surface area contributed by atoms with Crippen molar-refractivity contribution < 1.29 is 9.18 Å². The summed E-state index contributed by atoms with van der Waals surface area (Å²) in [6.07, 6.45) is 4.73. The molecular weight excluding hydrogens is 313 g/mol. The molecule has 0 spiro atoms. The Morgan fingerprint density at radius 1 is 1.30 bits per heavy atom. The van der Waals surface area contributed by atoms with E-state index in [1.165, 1.54) is 17.4 Å². The molecule has 2 atom stereocenters.